The Labute approximate surface area is 163 Å². The number of carbonyl (C=O) groups is 2. The molecule has 1 aliphatic heterocycles. The van der Waals surface area contributed by atoms with Gasteiger partial charge >= 0.3 is 12.0 Å². The van der Waals surface area contributed by atoms with Crippen molar-refractivity contribution in [2.45, 2.75) is 19.8 Å². The normalized spacial score (nSPS) is 13.8. The second-order valence-corrected chi connectivity index (χ2v) is 6.58. The molecule has 3 rings (SSSR count). The number of aliphatic carboxylic acids is 1. The summed E-state index contributed by atoms with van der Waals surface area (Å²) in [5.74, 6) is 0.0255. The molecule has 2 amide bonds. The summed E-state index contributed by atoms with van der Waals surface area (Å²) in [6.07, 6.45) is 0.467. The summed E-state index contributed by atoms with van der Waals surface area (Å²) in [7, 11) is 0. The lowest BCUT2D eigenvalue weighted by atomic mass is 10.1. The van der Waals surface area contributed by atoms with Crippen molar-refractivity contribution >= 4 is 29.2 Å². The number of aromatic nitrogens is 1. The van der Waals surface area contributed by atoms with Gasteiger partial charge < -0.3 is 25.4 Å². The minimum Gasteiger partial charge on any atom is -0.481 e. The summed E-state index contributed by atoms with van der Waals surface area (Å²) in [6.45, 7) is 4.84. The lowest BCUT2D eigenvalue weighted by Gasteiger charge is -2.28. The Balaban J connectivity index is 1.60. The van der Waals surface area contributed by atoms with Gasteiger partial charge in [0.2, 0.25) is 0 Å². The van der Waals surface area contributed by atoms with Crippen LogP contribution in [0.4, 0.5) is 22.0 Å². The van der Waals surface area contributed by atoms with Gasteiger partial charge in [0.05, 0.1) is 24.6 Å². The molecule has 1 aromatic carbocycles. The molecule has 1 aromatic heterocycles. The number of hydrogen-bond donors (Lipinski definition) is 3. The van der Waals surface area contributed by atoms with Gasteiger partial charge in [0.25, 0.3) is 0 Å². The Morgan fingerprint density at radius 3 is 2.68 bits per heavy atom. The quantitative estimate of drug-likeness (QED) is 0.708. The van der Waals surface area contributed by atoms with Crippen molar-refractivity contribution in [3.05, 3.63) is 47.7 Å². The van der Waals surface area contributed by atoms with E-state index in [0.717, 1.165) is 30.2 Å². The zero-order chi connectivity index (χ0) is 19.9. The number of amides is 2. The van der Waals surface area contributed by atoms with Crippen molar-refractivity contribution in [3.8, 4) is 0 Å². The summed E-state index contributed by atoms with van der Waals surface area (Å²) in [6, 6.07) is 10.5. The molecule has 0 unspecified atom stereocenters. The number of nitrogens with one attached hydrogen (secondary N) is 2. The van der Waals surface area contributed by atoms with E-state index >= 15 is 0 Å². The van der Waals surface area contributed by atoms with Gasteiger partial charge in [0.15, 0.2) is 0 Å². The highest BCUT2D eigenvalue weighted by atomic mass is 16.5. The minimum atomic E-state index is -0.848. The third-order valence-electron chi connectivity index (χ3n) is 4.47. The maximum Gasteiger partial charge on any atom is 0.323 e. The first kappa shape index (κ1) is 19.6. The van der Waals surface area contributed by atoms with E-state index in [4.69, 9.17) is 9.84 Å². The molecule has 0 atom stereocenters. The highest BCUT2D eigenvalue weighted by Gasteiger charge is 2.14. The number of anilines is 3. The summed E-state index contributed by atoms with van der Waals surface area (Å²) >= 11 is 0. The molecular formula is C20H24N4O4. The molecule has 28 heavy (non-hydrogen) atoms. The minimum absolute atomic E-state index is 0.0516. The molecule has 8 nitrogen and oxygen atoms in total. The van der Waals surface area contributed by atoms with Crippen molar-refractivity contribution in [1.82, 2.24) is 4.98 Å². The molecule has 1 saturated heterocycles. The van der Waals surface area contributed by atoms with Gasteiger partial charge in [-0.25, -0.2) is 9.78 Å². The maximum atomic E-state index is 12.3. The van der Waals surface area contributed by atoms with Crippen LogP contribution in [0.3, 0.4) is 0 Å². The molecule has 0 aliphatic carbocycles. The Morgan fingerprint density at radius 1 is 1.18 bits per heavy atom. The van der Waals surface area contributed by atoms with Crippen LogP contribution in [0, 0.1) is 6.92 Å². The lowest BCUT2D eigenvalue weighted by Crippen LogP contribution is -2.36. The van der Waals surface area contributed by atoms with Crippen LogP contribution >= 0.6 is 0 Å². The van der Waals surface area contributed by atoms with E-state index in [2.05, 4.69) is 20.5 Å². The Morgan fingerprint density at radius 2 is 1.96 bits per heavy atom. The molecule has 148 valence electrons. The van der Waals surface area contributed by atoms with Gasteiger partial charge in [0, 0.05) is 25.2 Å². The largest absolute Gasteiger partial charge is 0.481 e. The highest BCUT2D eigenvalue weighted by molar-refractivity contribution is 6.00. The van der Waals surface area contributed by atoms with Gasteiger partial charge in [-0.1, -0.05) is 12.1 Å². The number of urea groups is 1. The number of ether oxygens (including phenoxy) is 1. The van der Waals surface area contributed by atoms with E-state index in [9.17, 15) is 9.59 Å². The average molecular weight is 384 g/mol. The van der Waals surface area contributed by atoms with Crippen LogP contribution in [0.2, 0.25) is 0 Å². The molecule has 2 heterocycles. The van der Waals surface area contributed by atoms with E-state index in [1.165, 1.54) is 0 Å². The smallest absolute Gasteiger partial charge is 0.323 e. The Kier molecular flexibility index (Phi) is 6.44. The van der Waals surface area contributed by atoms with Crippen LogP contribution < -0.4 is 15.5 Å². The van der Waals surface area contributed by atoms with Crippen molar-refractivity contribution in [1.29, 1.82) is 0 Å². The first-order valence-corrected chi connectivity index (χ1v) is 9.20. The van der Waals surface area contributed by atoms with Crippen LogP contribution in [-0.4, -0.2) is 48.4 Å². The number of hydrogen-bond acceptors (Lipinski definition) is 5. The van der Waals surface area contributed by atoms with E-state index in [-0.39, 0.29) is 12.5 Å². The van der Waals surface area contributed by atoms with Gasteiger partial charge in [-0.3, -0.25) is 4.79 Å². The van der Waals surface area contributed by atoms with Crippen LogP contribution in [0.1, 0.15) is 17.7 Å². The lowest BCUT2D eigenvalue weighted by molar-refractivity contribution is -0.136. The van der Waals surface area contributed by atoms with Crippen LogP contribution in [0.15, 0.2) is 36.4 Å². The SMILES string of the molecule is Cc1nc(N2CCOCC2)ccc1NC(=O)Nc1cccc(CCC(=O)O)c1. The number of benzene rings is 1. The number of nitrogens with zero attached hydrogens (tertiary/aromatic N) is 2. The molecular weight excluding hydrogens is 360 g/mol. The monoisotopic (exact) mass is 384 g/mol. The average Bonchev–Trinajstić information content (AvgIpc) is 2.69. The Bertz CT molecular complexity index is 850. The van der Waals surface area contributed by atoms with Crippen molar-refractivity contribution in [2.75, 3.05) is 41.8 Å². The van der Waals surface area contributed by atoms with Gasteiger partial charge in [-0.15, -0.1) is 0 Å². The molecule has 0 saturated carbocycles. The third-order valence-corrected chi connectivity index (χ3v) is 4.47. The number of carboxylic acids is 1. The van der Waals surface area contributed by atoms with E-state index in [0.29, 0.717) is 31.0 Å². The van der Waals surface area contributed by atoms with Crippen molar-refractivity contribution in [3.63, 3.8) is 0 Å². The first-order chi connectivity index (χ1) is 13.5. The van der Waals surface area contributed by atoms with Crippen LogP contribution in [0.5, 0.6) is 0 Å². The van der Waals surface area contributed by atoms with Gasteiger partial charge in [0.1, 0.15) is 5.82 Å². The highest BCUT2D eigenvalue weighted by Crippen LogP contribution is 2.20. The van der Waals surface area contributed by atoms with E-state index < -0.39 is 5.97 Å². The fraction of sp³-hybridized carbons (Fsp3) is 0.350. The number of carbonyl (C=O) groups excluding carboxylic acids is 1. The fourth-order valence-electron chi connectivity index (χ4n) is 2.99. The van der Waals surface area contributed by atoms with E-state index in [1.54, 1.807) is 18.2 Å². The van der Waals surface area contributed by atoms with E-state index in [1.807, 2.05) is 25.1 Å². The second-order valence-electron chi connectivity index (χ2n) is 6.58. The number of rotatable bonds is 6. The Hall–Kier alpha value is -3.13. The number of aryl methyl sites for hydroxylation is 2. The molecule has 1 fully saturated rings. The van der Waals surface area contributed by atoms with Gasteiger partial charge in [-0.2, -0.15) is 0 Å². The molecule has 0 bridgehead atoms. The first-order valence-electron chi connectivity index (χ1n) is 9.20. The van der Waals surface area contributed by atoms with Crippen molar-refractivity contribution in [2.24, 2.45) is 0 Å². The van der Waals surface area contributed by atoms with Crippen LogP contribution in [-0.2, 0) is 16.0 Å². The third kappa shape index (κ3) is 5.43. The number of morpholine rings is 1. The summed E-state index contributed by atoms with van der Waals surface area (Å²) in [5, 5.41) is 14.4. The predicted octanol–water partition coefficient (Wildman–Crippen LogP) is 2.89. The molecule has 0 spiro atoms. The zero-order valence-corrected chi connectivity index (χ0v) is 15.8. The number of pyridine rings is 1. The molecule has 3 N–H and O–H groups in total. The fourth-order valence-corrected chi connectivity index (χ4v) is 2.99. The summed E-state index contributed by atoms with van der Waals surface area (Å²) in [5.41, 5.74) is 2.83. The topological polar surface area (TPSA) is 104 Å². The summed E-state index contributed by atoms with van der Waals surface area (Å²) < 4.78 is 5.36. The predicted molar refractivity (Wildman–Crippen MR) is 107 cm³/mol. The standard InChI is InChI=1S/C20H24N4O4/c1-14-17(6-7-18(21-14)24-9-11-28-12-10-24)23-20(27)22-16-4-2-3-15(13-16)5-8-19(25)26/h2-4,6-7,13H,5,8-12H2,1H3,(H,25,26)(H2,22,23,27). The van der Waals surface area contributed by atoms with Crippen molar-refractivity contribution < 1.29 is 19.4 Å². The molecule has 0 radical (unpaired) electrons. The van der Waals surface area contributed by atoms with Crippen LogP contribution in [0.25, 0.3) is 0 Å². The molecule has 1 aliphatic rings. The summed E-state index contributed by atoms with van der Waals surface area (Å²) in [4.78, 5) is 29.8. The second kappa shape index (κ2) is 9.18. The molecule has 8 heteroatoms. The molecule has 2 aromatic rings. The zero-order valence-electron chi connectivity index (χ0n) is 15.8. The van der Waals surface area contributed by atoms with Gasteiger partial charge in [-0.05, 0) is 43.2 Å². The number of carboxylic acid groups (broad SMARTS) is 1. The maximum absolute atomic E-state index is 12.3.